The maximum atomic E-state index is 11.6. The van der Waals surface area contributed by atoms with Crippen LogP contribution in [-0.4, -0.2) is 27.1 Å². The molecule has 2 aromatic rings. The Morgan fingerprint density at radius 1 is 1.50 bits per heavy atom. The summed E-state index contributed by atoms with van der Waals surface area (Å²) in [6.45, 7) is 1.70. The molecule has 0 aliphatic rings. The van der Waals surface area contributed by atoms with E-state index in [4.69, 9.17) is 14.0 Å². The number of aromatic carboxylic acids is 1. The van der Waals surface area contributed by atoms with Crippen molar-refractivity contribution in [2.75, 3.05) is 0 Å². The summed E-state index contributed by atoms with van der Waals surface area (Å²) in [5.74, 6) is -1.08. The first-order valence-electron chi connectivity index (χ1n) is 4.95. The topological polar surface area (TPSA) is 118 Å². The van der Waals surface area contributed by atoms with E-state index in [0.717, 1.165) is 12.3 Å². The molecule has 8 heteroatoms. The third kappa shape index (κ3) is 2.54. The second-order valence-electron chi connectivity index (χ2n) is 3.42. The number of hydrogen-bond donors (Lipinski definition) is 2. The van der Waals surface area contributed by atoms with Gasteiger partial charge in [-0.2, -0.15) is 4.98 Å². The Morgan fingerprint density at radius 2 is 2.28 bits per heavy atom. The van der Waals surface area contributed by atoms with Gasteiger partial charge in [0.15, 0.2) is 11.6 Å². The molecule has 0 atom stereocenters. The molecule has 0 unspecified atom stereocenters. The highest BCUT2D eigenvalue weighted by Crippen LogP contribution is 2.07. The molecule has 8 nitrogen and oxygen atoms in total. The average molecular weight is 251 g/mol. The first kappa shape index (κ1) is 11.8. The molecule has 2 N–H and O–H groups in total. The molecule has 18 heavy (non-hydrogen) atoms. The number of aromatic nitrogens is 2. The van der Waals surface area contributed by atoms with E-state index < -0.39 is 11.9 Å². The lowest BCUT2D eigenvalue weighted by molar-refractivity contribution is 0.0696. The van der Waals surface area contributed by atoms with Gasteiger partial charge in [-0.1, -0.05) is 5.16 Å². The van der Waals surface area contributed by atoms with Crippen molar-refractivity contribution in [3.05, 3.63) is 35.4 Å². The zero-order valence-corrected chi connectivity index (χ0v) is 9.34. The molecule has 0 radical (unpaired) electrons. The number of carbonyl (C=O) groups is 2. The van der Waals surface area contributed by atoms with Crippen LogP contribution in [-0.2, 0) is 6.54 Å². The van der Waals surface area contributed by atoms with Gasteiger partial charge in [0, 0.05) is 13.0 Å². The molecule has 2 heterocycles. The number of rotatable bonds is 4. The molecule has 2 rings (SSSR count). The third-order valence-corrected chi connectivity index (χ3v) is 2.05. The minimum Gasteiger partial charge on any atom is -0.478 e. The van der Waals surface area contributed by atoms with E-state index in [1.54, 1.807) is 6.92 Å². The summed E-state index contributed by atoms with van der Waals surface area (Å²) in [7, 11) is 0. The van der Waals surface area contributed by atoms with E-state index in [2.05, 4.69) is 15.5 Å². The van der Waals surface area contributed by atoms with Crippen LogP contribution in [0.4, 0.5) is 0 Å². The first-order chi connectivity index (χ1) is 8.56. The molecular formula is C10H9N3O5. The Morgan fingerprint density at radius 3 is 2.83 bits per heavy atom. The highest BCUT2D eigenvalue weighted by Gasteiger charge is 2.15. The van der Waals surface area contributed by atoms with Crippen molar-refractivity contribution < 1.29 is 23.6 Å². The second kappa shape index (κ2) is 4.70. The average Bonchev–Trinajstić information content (AvgIpc) is 2.94. The van der Waals surface area contributed by atoms with Crippen molar-refractivity contribution in [3.8, 4) is 0 Å². The van der Waals surface area contributed by atoms with Crippen LogP contribution in [0.2, 0.25) is 0 Å². The standard InChI is InChI=1S/C10H9N3O5/c1-5-12-8(13-18-5)3-11-9(14)7-2-6(4-17-7)10(15)16/h2,4H,3H2,1H3,(H,11,14)(H,15,16). The molecule has 2 aromatic heterocycles. The number of carbonyl (C=O) groups excluding carboxylic acids is 1. The Hall–Kier alpha value is -2.64. The number of nitrogens with zero attached hydrogens (tertiary/aromatic N) is 2. The number of hydrogen-bond acceptors (Lipinski definition) is 6. The van der Waals surface area contributed by atoms with Gasteiger partial charge in [0.25, 0.3) is 5.91 Å². The van der Waals surface area contributed by atoms with Gasteiger partial charge in [-0.25, -0.2) is 4.79 Å². The number of nitrogens with one attached hydrogen (secondary N) is 1. The lowest BCUT2D eigenvalue weighted by atomic mass is 10.3. The molecule has 0 saturated carbocycles. The molecule has 94 valence electrons. The minimum atomic E-state index is -1.16. The second-order valence-corrected chi connectivity index (χ2v) is 3.42. The summed E-state index contributed by atoms with van der Waals surface area (Å²) in [5, 5.41) is 14.7. The van der Waals surface area contributed by atoms with E-state index >= 15 is 0 Å². The Kier molecular flexibility index (Phi) is 3.09. The largest absolute Gasteiger partial charge is 0.478 e. The van der Waals surface area contributed by atoms with Crippen LogP contribution in [0.5, 0.6) is 0 Å². The van der Waals surface area contributed by atoms with Crippen molar-refractivity contribution in [3.63, 3.8) is 0 Å². The molecule has 0 spiro atoms. The molecular weight excluding hydrogens is 242 g/mol. The van der Waals surface area contributed by atoms with E-state index in [0.29, 0.717) is 11.7 Å². The van der Waals surface area contributed by atoms with Crippen LogP contribution < -0.4 is 5.32 Å². The van der Waals surface area contributed by atoms with Gasteiger partial charge in [-0.15, -0.1) is 0 Å². The van der Waals surface area contributed by atoms with Gasteiger partial charge < -0.3 is 19.4 Å². The van der Waals surface area contributed by atoms with Crippen molar-refractivity contribution in [2.45, 2.75) is 13.5 Å². The van der Waals surface area contributed by atoms with Gasteiger partial charge >= 0.3 is 5.97 Å². The SMILES string of the molecule is Cc1nc(CNC(=O)c2cc(C(=O)O)co2)no1. The summed E-state index contributed by atoms with van der Waals surface area (Å²) in [4.78, 5) is 26.1. The molecule has 0 aromatic carbocycles. The Bertz CT molecular complexity index is 586. The fraction of sp³-hybridized carbons (Fsp3) is 0.200. The molecule has 0 fully saturated rings. The van der Waals surface area contributed by atoms with Crippen LogP contribution in [0.3, 0.4) is 0 Å². The summed E-state index contributed by atoms with van der Waals surface area (Å²) >= 11 is 0. The fourth-order valence-corrected chi connectivity index (χ4v) is 1.23. The molecule has 0 aliphatic carbocycles. The van der Waals surface area contributed by atoms with Gasteiger partial charge in [0.2, 0.25) is 5.89 Å². The molecule has 0 bridgehead atoms. The van der Waals surface area contributed by atoms with Crippen molar-refractivity contribution in [1.29, 1.82) is 0 Å². The number of carboxylic acids is 1. The predicted molar refractivity (Wildman–Crippen MR) is 55.9 cm³/mol. The van der Waals surface area contributed by atoms with Crippen LogP contribution in [0.1, 0.15) is 32.6 Å². The van der Waals surface area contributed by atoms with Crippen LogP contribution in [0, 0.1) is 6.92 Å². The van der Waals surface area contributed by atoms with Crippen molar-refractivity contribution >= 4 is 11.9 Å². The molecule has 1 amide bonds. The zero-order valence-electron chi connectivity index (χ0n) is 9.34. The summed E-state index contributed by atoms with van der Waals surface area (Å²) in [6.07, 6.45) is 0.996. The first-order valence-corrected chi connectivity index (χ1v) is 4.95. The maximum absolute atomic E-state index is 11.6. The smallest absolute Gasteiger partial charge is 0.338 e. The molecule has 0 saturated heterocycles. The number of aryl methyl sites for hydroxylation is 1. The van der Waals surface area contributed by atoms with E-state index in [1.807, 2.05) is 0 Å². The van der Waals surface area contributed by atoms with E-state index in [1.165, 1.54) is 0 Å². The predicted octanol–water partition coefficient (Wildman–Crippen LogP) is 0.599. The van der Waals surface area contributed by atoms with Crippen molar-refractivity contribution in [2.24, 2.45) is 0 Å². The number of amides is 1. The lowest BCUT2D eigenvalue weighted by Gasteiger charge is -1.97. The van der Waals surface area contributed by atoms with Crippen LogP contribution in [0.15, 0.2) is 21.3 Å². The summed E-state index contributed by atoms with van der Waals surface area (Å²) in [5.41, 5.74) is -0.0874. The Labute approximate surface area is 101 Å². The summed E-state index contributed by atoms with van der Waals surface area (Å²) < 4.78 is 9.55. The highest BCUT2D eigenvalue weighted by molar-refractivity contribution is 5.95. The normalized spacial score (nSPS) is 10.3. The van der Waals surface area contributed by atoms with E-state index in [9.17, 15) is 9.59 Å². The maximum Gasteiger partial charge on any atom is 0.338 e. The fourth-order valence-electron chi connectivity index (χ4n) is 1.23. The third-order valence-electron chi connectivity index (χ3n) is 2.05. The Balaban J connectivity index is 1.97. The number of furan rings is 1. The summed E-state index contributed by atoms with van der Waals surface area (Å²) in [6, 6.07) is 1.14. The highest BCUT2D eigenvalue weighted by atomic mass is 16.5. The number of carboxylic acid groups (broad SMARTS) is 1. The van der Waals surface area contributed by atoms with E-state index in [-0.39, 0.29) is 17.9 Å². The van der Waals surface area contributed by atoms with Crippen molar-refractivity contribution in [1.82, 2.24) is 15.5 Å². The monoisotopic (exact) mass is 251 g/mol. The quantitative estimate of drug-likeness (QED) is 0.816. The van der Waals surface area contributed by atoms with Crippen LogP contribution in [0.25, 0.3) is 0 Å². The van der Waals surface area contributed by atoms with Gasteiger partial charge in [-0.05, 0) is 0 Å². The van der Waals surface area contributed by atoms with Crippen LogP contribution >= 0.6 is 0 Å². The van der Waals surface area contributed by atoms with Gasteiger partial charge in [-0.3, -0.25) is 4.79 Å². The lowest BCUT2D eigenvalue weighted by Crippen LogP contribution is -2.22. The molecule has 0 aliphatic heterocycles. The minimum absolute atomic E-state index is 0.0687. The van der Waals surface area contributed by atoms with Gasteiger partial charge in [0.1, 0.15) is 6.26 Å². The zero-order chi connectivity index (χ0) is 13.1. The van der Waals surface area contributed by atoms with Gasteiger partial charge in [0.05, 0.1) is 12.1 Å².